The Kier molecular flexibility index (Phi) is 5.80. The molecule has 1 aromatic carbocycles. The molecule has 1 fully saturated rings. The molecule has 1 aromatic heterocycles. The molecule has 0 radical (unpaired) electrons. The number of carbonyl (C=O) groups is 2. The first-order valence-electron chi connectivity index (χ1n) is 8.26. The van der Waals surface area contributed by atoms with Gasteiger partial charge in [-0.15, -0.1) is 0 Å². The second-order valence-corrected chi connectivity index (χ2v) is 6.54. The average Bonchev–Trinajstić information content (AvgIpc) is 3.17. The number of halogens is 1. The summed E-state index contributed by atoms with van der Waals surface area (Å²) in [6, 6.07) is 6.79. The number of amides is 1. The van der Waals surface area contributed by atoms with Gasteiger partial charge in [-0.2, -0.15) is 0 Å². The summed E-state index contributed by atoms with van der Waals surface area (Å²) in [7, 11) is 0. The predicted octanol–water partition coefficient (Wildman–Crippen LogP) is 1.68. The first-order chi connectivity index (χ1) is 13.0. The molecule has 1 atom stereocenters. The molecule has 2 heterocycles. The van der Waals surface area contributed by atoms with Crippen molar-refractivity contribution in [2.45, 2.75) is 12.0 Å². The summed E-state index contributed by atoms with van der Waals surface area (Å²) in [4.78, 5) is 32.5. The van der Waals surface area contributed by atoms with E-state index in [4.69, 9.17) is 16.8 Å². The average molecular weight is 388 g/mol. The van der Waals surface area contributed by atoms with Crippen molar-refractivity contribution in [1.29, 1.82) is 0 Å². The van der Waals surface area contributed by atoms with E-state index in [0.717, 1.165) is 6.08 Å². The number of hydrogen-bond acceptors (Lipinski definition) is 7. The molecule has 1 aliphatic heterocycles. The van der Waals surface area contributed by atoms with Gasteiger partial charge >= 0.3 is 0 Å². The van der Waals surface area contributed by atoms with Crippen LogP contribution in [-0.2, 0) is 4.79 Å². The number of Topliss-reactive ketones (excluding diaryl/α,β-unsaturated/α-hetero) is 1. The zero-order chi connectivity index (χ0) is 19.3. The summed E-state index contributed by atoms with van der Waals surface area (Å²) in [5.41, 5.74) is 1.67. The maximum Gasteiger partial charge on any atom is 0.267 e. The van der Waals surface area contributed by atoms with E-state index in [9.17, 15) is 9.59 Å². The van der Waals surface area contributed by atoms with Crippen molar-refractivity contribution in [3.05, 3.63) is 59.0 Å². The third kappa shape index (κ3) is 4.48. The Morgan fingerprint density at radius 1 is 1.22 bits per heavy atom. The van der Waals surface area contributed by atoms with E-state index < -0.39 is 11.4 Å². The molecule has 9 heteroatoms. The molecule has 2 aromatic rings. The van der Waals surface area contributed by atoms with E-state index in [1.165, 1.54) is 23.9 Å². The fraction of sp³-hybridized carbons (Fsp3) is 0.222. The molecule has 0 bridgehead atoms. The quantitative estimate of drug-likeness (QED) is 0.258. The Hall–Kier alpha value is -2.81. The molecular weight excluding hydrogens is 370 g/mol. The van der Waals surface area contributed by atoms with E-state index in [1.807, 2.05) is 0 Å². The number of nitrogens with zero attached hydrogens (tertiary/aromatic N) is 2. The molecular formula is C18H18ClN5O3. The van der Waals surface area contributed by atoms with Crippen LogP contribution in [0.25, 0.3) is 6.08 Å². The zero-order valence-corrected chi connectivity index (χ0v) is 15.0. The van der Waals surface area contributed by atoms with Gasteiger partial charge in [-0.1, -0.05) is 11.6 Å². The number of ketones is 1. The minimum absolute atomic E-state index is 0.0467. The predicted molar refractivity (Wildman–Crippen MR) is 101 cm³/mol. The van der Waals surface area contributed by atoms with Gasteiger partial charge in [-0.3, -0.25) is 19.8 Å². The van der Waals surface area contributed by atoms with Crippen molar-refractivity contribution in [2.24, 2.45) is 0 Å². The van der Waals surface area contributed by atoms with Crippen molar-refractivity contribution in [2.75, 3.05) is 18.4 Å². The van der Waals surface area contributed by atoms with Gasteiger partial charge in [0, 0.05) is 23.2 Å². The van der Waals surface area contributed by atoms with Crippen molar-refractivity contribution in [3.8, 4) is 0 Å². The lowest BCUT2D eigenvalue weighted by atomic mass is 9.88. The van der Waals surface area contributed by atoms with Crippen LogP contribution >= 0.6 is 11.6 Å². The molecule has 8 nitrogen and oxygen atoms in total. The molecule has 0 saturated carbocycles. The molecule has 0 unspecified atom stereocenters. The van der Waals surface area contributed by atoms with E-state index in [0.29, 0.717) is 41.6 Å². The van der Waals surface area contributed by atoms with Gasteiger partial charge in [0.1, 0.15) is 11.4 Å². The topological polar surface area (TPSA) is 116 Å². The number of hydroxylamine groups is 1. The van der Waals surface area contributed by atoms with E-state index in [2.05, 4.69) is 20.6 Å². The van der Waals surface area contributed by atoms with E-state index in [-0.39, 0.29) is 5.78 Å². The lowest BCUT2D eigenvalue weighted by Crippen LogP contribution is -2.48. The number of rotatable bonds is 6. The number of aromatic nitrogens is 2. The number of nitrogens with one attached hydrogen (secondary N) is 3. The summed E-state index contributed by atoms with van der Waals surface area (Å²) in [6.07, 6.45) is 6.10. The van der Waals surface area contributed by atoms with Crippen molar-refractivity contribution in [3.63, 3.8) is 0 Å². The Morgan fingerprint density at radius 2 is 2.00 bits per heavy atom. The summed E-state index contributed by atoms with van der Waals surface area (Å²) < 4.78 is 0. The van der Waals surface area contributed by atoms with Crippen LogP contribution in [0.3, 0.4) is 0 Å². The van der Waals surface area contributed by atoms with Crippen LogP contribution in [0.5, 0.6) is 0 Å². The van der Waals surface area contributed by atoms with E-state index >= 15 is 0 Å². The monoisotopic (exact) mass is 387 g/mol. The molecule has 27 heavy (non-hydrogen) atoms. The maximum absolute atomic E-state index is 13.1. The zero-order valence-electron chi connectivity index (χ0n) is 14.3. The summed E-state index contributed by atoms with van der Waals surface area (Å²) >= 11 is 5.91. The lowest BCUT2D eigenvalue weighted by Gasteiger charge is -2.28. The summed E-state index contributed by atoms with van der Waals surface area (Å²) in [5.74, 6) is -0.261. The highest BCUT2D eigenvalue weighted by Gasteiger charge is 2.41. The van der Waals surface area contributed by atoms with Gasteiger partial charge in [0.25, 0.3) is 5.91 Å². The smallest absolute Gasteiger partial charge is 0.267 e. The van der Waals surface area contributed by atoms with Gasteiger partial charge in [-0.05, 0) is 43.3 Å². The highest BCUT2D eigenvalue weighted by Crippen LogP contribution is 2.26. The van der Waals surface area contributed by atoms with Gasteiger partial charge in [0.2, 0.25) is 0 Å². The Labute approximate surface area is 160 Å². The van der Waals surface area contributed by atoms with Crippen LogP contribution in [0.2, 0.25) is 5.02 Å². The Bertz CT molecular complexity index is 846. The Morgan fingerprint density at radius 3 is 2.59 bits per heavy atom. The third-order valence-electron chi connectivity index (χ3n) is 4.25. The van der Waals surface area contributed by atoms with Crippen LogP contribution in [-0.4, -0.2) is 45.5 Å². The van der Waals surface area contributed by atoms with Crippen molar-refractivity contribution >= 4 is 35.2 Å². The number of carbonyl (C=O) groups excluding carboxylic acids is 2. The highest BCUT2D eigenvalue weighted by atomic mass is 35.5. The molecule has 140 valence electrons. The van der Waals surface area contributed by atoms with Gasteiger partial charge in [0.05, 0.1) is 18.1 Å². The molecule has 1 amide bonds. The standard InChI is InChI=1S/C18H18ClN5O3/c19-13-3-1-12(2-4-13)17(26)18(7-8-20-11-18)23-15-10-21-14(9-22-15)5-6-16(25)24-27/h1-6,9-10,20,27H,7-8,11H2,(H,22,23)(H,24,25)/b6-5+/t18-/m1/s1. The van der Waals surface area contributed by atoms with Crippen molar-refractivity contribution < 1.29 is 14.8 Å². The second kappa shape index (κ2) is 8.26. The molecule has 3 rings (SSSR count). The fourth-order valence-corrected chi connectivity index (χ4v) is 2.98. The Balaban J connectivity index is 1.78. The number of anilines is 1. The molecule has 1 aliphatic rings. The minimum atomic E-state index is -0.823. The van der Waals surface area contributed by atoms with Crippen LogP contribution in [0.4, 0.5) is 5.82 Å². The normalized spacial score (nSPS) is 19.2. The second-order valence-electron chi connectivity index (χ2n) is 6.11. The SMILES string of the molecule is O=C(/C=C/c1cnc(N[C@]2(C(=O)c3ccc(Cl)cc3)CCNC2)cn1)NO. The number of benzene rings is 1. The van der Waals surface area contributed by atoms with E-state index in [1.54, 1.807) is 24.3 Å². The fourth-order valence-electron chi connectivity index (χ4n) is 2.86. The van der Waals surface area contributed by atoms with Crippen LogP contribution in [0.15, 0.2) is 42.7 Å². The van der Waals surface area contributed by atoms with Crippen molar-refractivity contribution in [1.82, 2.24) is 20.8 Å². The lowest BCUT2D eigenvalue weighted by molar-refractivity contribution is -0.124. The van der Waals surface area contributed by atoms with Crippen LogP contribution in [0.1, 0.15) is 22.5 Å². The van der Waals surface area contributed by atoms with Gasteiger partial charge < -0.3 is 10.6 Å². The molecule has 1 saturated heterocycles. The number of hydrogen-bond donors (Lipinski definition) is 4. The maximum atomic E-state index is 13.1. The molecule has 4 N–H and O–H groups in total. The molecule has 0 spiro atoms. The van der Waals surface area contributed by atoms with Crippen LogP contribution in [0, 0.1) is 0 Å². The summed E-state index contributed by atoms with van der Waals surface area (Å²) in [6.45, 7) is 1.17. The van der Waals surface area contributed by atoms with Gasteiger partial charge in [0.15, 0.2) is 5.78 Å². The minimum Gasteiger partial charge on any atom is -0.355 e. The van der Waals surface area contributed by atoms with Gasteiger partial charge in [-0.25, -0.2) is 10.5 Å². The highest BCUT2D eigenvalue weighted by molar-refractivity contribution is 6.30. The first kappa shape index (κ1) is 19.0. The summed E-state index contributed by atoms with van der Waals surface area (Å²) in [5, 5.41) is 15.5. The third-order valence-corrected chi connectivity index (χ3v) is 4.50. The first-order valence-corrected chi connectivity index (χ1v) is 8.64. The largest absolute Gasteiger partial charge is 0.355 e. The molecule has 0 aliphatic carbocycles. The van der Waals surface area contributed by atoms with Crippen LogP contribution < -0.4 is 16.1 Å².